The first kappa shape index (κ1) is 8.23. The first-order valence-electron chi connectivity index (χ1n) is 4.14. The molecule has 1 fully saturated rings. The molecule has 2 heterocycles. The van der Waals surface area contributed by atoms with Crippen molar-refractivity contribution in [2.45, 2.75) is 12.1 Å². The molecule has 0 aromatic carbocycles. The minimum Gasteiger partial charge on any atom is -0.390 e. The van der Waals surface area contributed by atoms with Gasteiger partial charge in [0.25, 0.3) is 0 Å². The Morgan fingerprint density at radius 2 is 2.54 bits per heavy atom. The largest absolute Gasteiger partial charge is 0.390 e. The summed E-state index contributed by atoms with van der Waals surface area (Å²) in [6.07, 6.45) is 2.87. The summed E-state index contributed by atoms with van der Waals surface area (Å²) in [4.78, 5) is 3.88. The van der Waals surface area contributed by atoms with Gasteiger partial charge in [-0.05, 0) is 0 Å². The molecule has 13 heavy (non-hydrogen) atoms. The van der Waals surface area contributed by atoms with Gasteiger partial charge in [0.05, 0.1) is 12.1 Å². The van der Waals surface area contributed by atoms with Crippen molar-refractivity contribution in [2.24, 2.45) is 0 Å². The van der Waals surface area contributed by atoms with Gasteiger partial charge in [-0.1, -0.05) is 0 Å². The molecule has 0 unspecified atom stereocenters. The molecule has 1 saturated heterocycles. The third-order valence-corrected chi connectivity index (χ3v) is 2.28. The smallest absolute Gasteiger partial charge is 0.213 e. The average molecular weight is 178 g/mol. The number of hydrogen-bond donors (Lipinski definition) is 2. The molecule has 1 aromatic heterocycles. The van der Waals surface area contributed by atoms with E-state index in [9.17, 15) is 5.11 Å². The number of aliphatic hydroxyl groups is 1. The van der Waals surface area contributed by atoms with Gasteiger partial charge in [0.15, 0.2) is 0 Å². The Bertz CT molecular complexity index is 340. The second-order valence-corrected chi connectivity index (χ2v) is 3.06. The molecule has 0 bridgehead atoms. The summed E-state index contributed by atoms with van der Waals surface area (Å²) in [5.74, 6) is 0.354. The molecular formula is C8H10N4O. The molecule has 2 atom stereocenters. The minimum absolute atomic E-state index is 0.0582. The normalized spacial score (nSPS) is 27.4. The second-order valence-electron chi connectivity index (χ2n) is 3.06. The summed E-state index contributed by atoms with van der Waals surface area (Å²) in [6.45, 7) is 1.26. The van der Waals surface area contributed by atoms with E-state index in [0.29, 0.717) is 18.9 Å². The Hall–Kier alpha value is -1.38. The van der Waals surface area contributed by atoms with Gasteiger partial charge in [-0.3, -0.25) is 0 Å². The lowest BCUT2D eigenvalue weighted by Gasteiger charge is -2.15. The standard InChI is InChI=1S/C8H10N4O/c9-3-8-11-1-2-12(8)6-4-10-5-7(6)13/h1-2,6-7,10,13H,4-5H2/t6-,7-/m1/s1. The second kappa shape index (κ2) is 3.17. The van der Waals surface area contributed by atoms with Crippen LogP contribution >= 0.6 is 0 Å². The number of nitrogens with one attached hydrogen (secondary N) is 1. The van der Waals surface area contributed by atoms with Crippen LogP contribution in [-0.2, 0) is 0 Å². The molecule has 5 nitrogen and oxygen atoms in total. The van der Waals surface area contributed by atoms with E-state index in [-0.39, 0.29) is 6.04 Å². The van der Waals surface area contributed by atoms with Gasteiger partial charge < -0.3 is 15.0 Å². The predicted molar refractivity (Wildman–Crippen MR) is 44.9 cm³/mol. The Morgan fingerprint density at radius 3 is 3.15 bits per heavy atom. The summed E-state index contributed by atoms with van der Waals surface area (Å²) in [6, 6.07) is 1.93. The number of aliphatic hydroxyl groups excluding tert-OH is 1. The third-order valence-electron chi connectivity index (χ3n) is 2.28. The van der Waals surface area contributed by atoms with E-state index < -0.39 is 6.10 Å². The van der Waals surface area contributed by atoms with Crippen LogP contribution < -0.4 is 5.32 Å². The lowest BCUT2D eigenvalue weighted by molar-refractivity contribution is 0.150. The lowest BCUT2D eigenvalue weighted by atomic mass is 10.2. The fourth-order valence-corrected chi connectivity index (χ4v) is 1.60. The van der Waals surface area contributed by atoms with Crippen molar-refractivity contribution in [3.05, 3.63) is 18.2 Å². The zero-order chi connectivity index (χ0) is 9.26. The average Bonchev–Trinajstić information content (AvgIpc) is 2.71. The summed E-state index contributed by atoms with van der Waals surface area (Å²) >= 11 is 0. The summed E-state index contributed by atoms with van der Waals surface area (Å²) in [5.41, 5.74) is 0. The van der Waals surface area contributed by atoms with E-state index in [0.717, 1.165) is 0 Å². The Morgan fingerprint density at radius 1 is 1.69 bits per heavy atom. The van der Waals surface area contributed by atoms with Gasteiger partial charge in [0, 0.05) is 25.5 Å². The van der Waals surface area contributed by atoms with Crippen molar-refractivity contribution < 1.29 is 5.11 Å². The van der Waals surface area contributed by atoms with Crippen LogP contribution in [0.5, 0.6) is 0 Å². The van der Waals surface area contributed by atoms with Crippen molar-refractivity contribution in [1.82, 2.24) is 14.9 Å². The maximum atomic E-state index is 9.56. The van der Waals surface area contributed by atoms with Crippen LogP contribution in [0, 0.1) is 11.3 Å². The first-order chi connectivity index (χ1) is 6.33. The number of β-amino-alcohol motifs (C(OH)–C–C–N with tert-alkyl or cyclic N) is 1. The van der Waals surface area contributed by atoms with Gasteiger partial charge in [-0.15, -0.1) is 0 Å². The van der Waals surface area contributed by atoms with E-state index in [1.165, 1.54) is 0 Å². The summed E-state index contributed by atoms with van der Waals surface area (Å²) < 4.78 is 1.71. The molecular weight excluding hydrogens is 168 g/mol. The third kappa shape index (κ3) is 1.30. The molecule has 2 rings (SSSR count). The number of rotatable bonds is 1. The quantitative estimate of drug-likeness (QED) is 0.594. The Kier molecular flexibility index (Phi) is 2.00. The van der Waals surface area contributed by atoms with Gasteiger partial charge in [0.2, 0.25) is 5.82 Å². The molecule has 5 heteroatoms. The SMILES string of the molecule is N#Cc1nccn1[C@@H]1CNC[C@H]1O. The number of hydrogen-bond acceptors (Lipinski definition) is 4. The highest BCUT2D eigenvalue weighted by atomic mass is 16.3. The molecule has 0 radical (unpaired) electrons. The van der Waals surface area contributed by atoms with Gasteiger partial charge in [-0.2, -0.15) is 5.26 Å². The van der Waals surface area contributed by atoms with Crippen LogP contribution in [-0.4, -0.2) is 33.9 Å². The fourth-order valence-electron chi connectivity index (χ4n) is 1.60. The molecule has 1 aliphatic rings. The maximum Gasteiger partial charge on any atom is 0.213 e. The maximum absolute atomic E-state index is 9.56. The van der Waals surface area contributed by atoms with E-state index in [1.54, 1.807) is 17.0 Å². The highest BCUT2D eigenvalue weighted by Crippen LogP contribution is 2.16. The number of nitrogens with zero attached hydrogens (tertiary/aromatic N) is 3. The van der Waals surface area contributed by atoms with Crippen LogP contribution in [0.4, 0.5) is 0 Å². The zero-order valence-corrected chi connectivity index (χ0v) is 7.01. The van der Waals surface area contributed by atoms with E-state index in [1.807, 2.05) is 6.07 Å². The van der Waals surface area contributed by atoms with Gasteiger partial charge >= 0.3 is 0 Å². The van der Waals surface area contributed by atoms with Crippen LogP contribution in [0.3, 0.4) is 0 Å². The topological polar surface area (TPSA) is 73.9 Å². The molecule has 1 aromatic rings. The van der Waals surface area contributed by atoms with Crippen molar-refractivity contribution in [3.63, 3.8) is 0 Å². The molecule has 0 aliphatic carbocycles. The Labute approximate surface area is 75.6 Å². The monoisotopic (exact) mass is 178 g/mol. The van der Waals surface area contributed by atoms with Gasteiger partial charge in [0.1, 0.15) is 6.07 Å². The van der Waals surface area contributed by atoms with Crippen LogP contribution in [0.15, 0.2) is 12.4 Å². The summed E-state index contributed by atoms with van der Waals surface area (Å²) in [7, 11) is 0. The van der Waals surface area contributed by atoms with E-state index >= 15 is 0 Å². The fraction of sp³-hybridized carbons (Fsp3) is 0.500. The van der Waals surface area contributed by atoms with Crippen molar-refractivity contribution in [2.75, 3.05) is 13.1 Å². The van der Waals surface area contributed by atoms with Crippen LogP contribution in [0.25, 0.3) is 0 Å². The highest BCUT2D eigenvalue weighted by molar-refractivity contribution is 5.13. The summed E-state index contributed by atoms with van der Waals surface area (Å²) in [5, 5.41) is 21.3. The molecule has 0 spiro atoms. The molecule has 1 aliphatic heterocycles. The molecule has 0 saturated carbocycles. The van der Waals surface area contributed by atoms with Crippen LogP contribution in [0.1, 0.15) is 11.9 Å². The molecule has 2 N–H and O–H groups in total. The highest BCUT2D eigenvalue weighted by Gasteiger charge is 2.27. The predicted octanol–water partition coefficient (Wildman–Crippen LogP) is -0.740. The first-order valence-corrected chi connectivity index (χ1v) is 4.14. The van der Waals surface area contributed by atoms with E-state index in [4.69, 9.17) is 5.26 Å². The lowest BCUT2D eigenvalue weighted by Crippen LogP contribution is -2.22. The number of aromatic nitrogens is 2. The Balaban J connectivity index is 2.30. The van der Waals surface area contributed by atoms with Crippen LogP contribution in [0.2, 0.25) is 0 Å². The van der Waals surface area contributed by atoms with Crippen molar-refractivity contribution in [3.8, 4) is 6.07 Å². The van der Waals surface area contributed by atoms with E-state index in [2.05, 4.69) is 10.3 Å². The number of imidazole rings is 1. The molecule has 68 valence electrons. The molecule has 0 amide bonds. The minimum atomic E-state index is -0.429. The van der Waals surface area contributed by atoms with Crippen molar-refractivity contribution in [1.29, 1.82) is 5.26 Å². The van der Waals surface area contributed by atoms with Gasteiger partial charge in [-0.25, -0.2) is 4.98 Å². The number of nitriles is 1. The zero-order valence-electron chi connectivity index (χ0n) is 7.01. The van der Waals surface area contributed by atoms with Crippen molar-refractivity contribution >= 4 is 0 Å².